The molecule has 0 heterocycles. The predicted molar refractivity (Wildman–Crippen MR) is 37.8 cm³/mol. The van der Waals surface area contributed by atoms with Crippen LogP contribution in [0.3, 0.4) is 0 Å². The minimum absolute atomic E-state index is 0.0119. The van der Waals surface area contributed by atoms with Crippen molar-refractivity contribution in [3.05, 3.63) is 0 Å². The first-order valence-electron chi connectivity index (χ1n) is 4.53. The molecule has 0 unspecified atom stereocenters. The lowest BCUT2D eigenvalue weighted by Gasteiger charge is -2.32. The van der Waals surface area contributed by atoms with Crippen molar-refractivity contribution in [3.63, 3.8) is 0 Å². The second-order valence-corrected chi connectivity index (χ2v) is 4.02. The van der Waals surface area contributed by atoms with Gasteiger partial charge in [-0.2, -0.15) is 0 Å². The van der Waals surface area contributed by atoms with Crippen LogP contribution in [0.4, 0.5) is 0 Å². The molecule has 2 bridgehead atoms. The first kappa shape index (κ1) is 8.53. The maximum atomic E-state index is 10.7. The van der Waals surface area contributed by atoms with Gasteiger partial charge in [-0.1, -0.05) is 0 Å². The molecule has 4 nitrogen and oxygen atoms in total. The maximum absolute atomic E-state index is 10.7. The van der Waals surface area contributed by atoms with Crippen molar-refractivity contribution >= 4 is 11.9 Å². The minimum atomic E-state index is -1.22. The highest BCUT2D eigenvalue weighted by Gasteiger charge is 2.48. The molecule has 72 valence electrons. The summed E-state index contributed by atoms with van der Waals surface area (Å²) in [6.45, 7) is 0. The number of carbonyl (C=O) groups is 2. The van der Waals surface area contributed by atoms with Gasteiger partial charge in [0.15, 0.2) is 0 Å². The highest BCUT2D eigenvalue weighted by molar-refractivity contribution is 5.79. The van der Waals surface area contributed by atoms with E-state index in [1.54, 1.807) is 0 Å². The smallest absolute Gasteiger partial charge is 0.0454 e. The highest BCUT2D eigenvalue weighted by Crippen LogP contribution is 2.51. The first-order chi connectivity index (χ1) is 6.11. The fourth-order valence-electron chi connectivity index (χ4n) is 2.97. The summed E-state index contributed by atoms with van der Waals surface area (Å²) in [5.41, 5.74) is 0. The van der Waals surface area contributed by atoms with E-state index in [0.29, 0.717) is 0 Å². The van der Waals surface area contributed by atoms with E-state index in [1.165, 1.54) is 0 Å². The topological polar surface area (TPSA) is 80.3 Å². The molecule has 2 rings (SSSR count). The molecule has 4 atom stereocenters. The van der Waals surface area contributed by atoms with E-state index in [0.717, 1.165) is 19.3 Å². The van der Waals surface area contributed by atoms with Gasteiger partial charge in [0.25, 0.3) is 0 Å². The van der Waals surface area contributed by atoms with E-state index < -0.39 is 23.8 Å². The zero-order valence-corrected chi connectivity index (χ0v) is 7.06. The molecule has 0 aromatic rings. The van der Waals surface area contributed by atoms with Crippen molar-refractivity contribution in [3.8, 4) is 0 Å². The summed E-state index contributed by atoms with van der Waals surface area (Å²) < 4.78 is 0. The summed E-state index contributed by atoms with van der Waals surface area (Å²) in [7, 11) is 0. The van der Waals surface area contributed by atoms with Crippen molar-refractivity contribution < 1.29 is 19.8 Å². The van der Waals surface area contributed by atoms with E-state index in [1.807, 2.05) is 0 Å². The molecule has 0 spiro atoms. The summed E-state index contributed by atoms with van der Waals surface area (Å²) in [6.07, 6.45) is 2.37. The van der Waals surface area contributed by atoms with Crippen LogP contribution in [0.5, 0.6) is 0 Å². The zero-order chi connectivity index (χ0) is 9.59. The quantitative estimate of drug-likeness (QED) is 0.502. The largest absolute Gasteiger partial charge is 0.550 e. The molecule has 4 heteroatoms. The van der Waals surface area contributed by atoms with Crippen molar-refractivity contribution in [2.75, 3.05) is 0 Å². The standard InChI is InChI=1S/C9H12O4/c10-8(11)6-4-1-2-5(3-4)7(6)9(12)13/h4-7H,1-3H2,(H,10,11)(H,12,13)/p-2/t4-,5-,6-,7+/m0/s1. The van der Waals surface area contributed by atoms with E-state index in [-0.39, 0.29) is 11.8 Å². The van der Waals surface area contributed by atoms with Gasteiger partial charge in [-0.3, -0.25) is 0 Å². The number of rotatable bonds is 2. The van der Waals surface area contributed by atoms with E-state index in [4.69, 9.17) is 0 Å². The molecule has 2 fully saturated rings. The van der Waals surface area contributed by atoms with E-state index >= 15 is 0 Å². The van der Waals surface area contributed by atoms with E-state index in [2.05, 4.69) is 0 Å². The fourth-order valence-corrected chi connectivity index (χ4v) is 2.97. The zero-order valence-electron chi connectivity index (χ0n) is 7.06. The third kappa shape index (κ3) is 1.12. The second-order valence-electron chi connectivity index (χ2n) is 4.02. The number of carboxylic acids is 2. The molecule has 2 saturated carbocycles. The van der Waals surface area contributed by atoms with Gasteiger partial charge >= 0.3 is 0 Å². The average molecular weight is 182 g/mol. The number of aliphatic carboxylic acids is 2. The monoisotopic (exact) mass is 182 g/mol. The normalized spacial score (nSPS) is 42.2. The molecule has 2 aliphatic carbocycles. The van der Waals surface area contributed by atoms with Gasteiger partial charge in [-0.05, 0) is 31.1 Å². The summed E-state index contributed by atoms with van der Waals surface area (Å²) in [5, 5.41) is 21.4. The Morgan fingerprint density at radius 3 is 1.62 bits per heavy atom. The summed E-state index contributed by atoms with van der Waals surface area (Å²) >= 11 is 0. The third-order valence-corrected chi connectivity index (χ3v) is 3.46. The summed E-state index contributed by atoms with van der Waals surface area (Å²) in [4.78, 5) is 21.4. The Morgan fingerprint density at radius 2 is 1.31 bits per heavy atom. The Balaban J connectivity index is 2.24. The Bertz CT molecular complexity index is 234. The Morgan fingerprint density at radius 1 is 0.923 bits per heavy atom. The van der Waals surface area contributed by atoms with Crippen LogP contribution >= 0.6 is 0 Å². The molecule has 0 aliphatic heterocycles. The summed E-state index contributed by atoms with van der Waals surface area (Å²) in [5.74, 6) is -4.02. The molecule has 0 radical (unpaired) electrons. The number of hydrogen-bond acceptors (Lipinski definition) is 4. The molecular weight excluding hydrogens is 172 g/mol. The molecule has 0 amide bonds. The van der Waals surface area contributed by atoms with Crippen LogP contribution in [0.25, 0.3) is 0 Å². The minimum Gasteiger partial charge on any atom is -0.550 e. The SMILES string of the molecule is O=C([O-])[C@@H]1[C@H]2CC[C@@H](C2)[C@@H]1C(=O)[O-]. The van der Waals surface area contributed by atoms with Gasteiger partial charge in [0, 0.05) is 23.8 Å². The van der Waals surface area contributed by atoms with E-state index in [9.17, 15) is 19.8 Å². The van der Waals surface area contributed by atoms with Gasteiger partial charge in [-0.15, -0.1) is 0 Å². The Kier molecular flexibility index (Phi) is 1.78. The molecule has 0 aromatic heterocycles. The summed E-state index contributed by atoms with van der Waals surface area (Å²) in [6, 6.07) is 0. The Hall–Kier alpha value is -1.06. The molecule has 13 heavy (non-hydrogen) atoms. The molecule has 0 N–H and O–H groups in total. The lowest BCUT2D eigenvalue weighted by Crippen LogP contribution is -2.46. The average Bonchev–Trinajstić information content (AvgIpc) is 2.60. The highest BCUT2D eigenvalue weighted by atomic mass is 16.4. The second kappa shape index (κ2) is 2.72. The van der Waals surface area contributed by atoms with Gasteiger partial charge in [0.05, 0.1) is 0 Å². The Labute approximate surface area is 75.6 Å². The number of hydrogen-bond donors (Lipinski definition) is 0. The van der Waals surface area contributed by atoms with Crippen LogP contribution in [-0.4, -0.2) is 11.9 Å². The molecular formula is C9H10O4-2. The van der Waals surface area contributed by atoms with Crippen LogP contribution in [0.15, 0.2) is 0 Å². The van der Waals surface area contributed by atoms with Gasteiger partial charge < -0.3 is 19.8 Å². The van der Waals surface area contributed by atoms with Crippen molar-refractivity contribution in [1.82, 2.24) is 0 Å². The lowest BCUT2D eigenvalue weighted by atomic mass is 9.79. The van der Waals surface area contributed by atoms with Crippen LogP contribution in [0.1, 0.15) is 19.3 Å². The maximum Gasteiger partial charge on any atom is 0.0454 e. The van der Waals surface area contributed by atoms with Crippen molar-refractivity contribution in [2.24, 2.45) is 23.7 Å². The van der Waals surface area contributed by atoms with Gasteiger partial charge in [0.2, 0.25) is 0 Å². The first-order valence-corrected chi connectivity index (χ1v) is 4.53. The van der Waals surface area contributed by atoms with Gasteiger partial charge in [0.1, 0.15) is 0 Å². The van der Waals surface area contributed by atoms with Crippen LogP contribution in [-0.2, 0) is 9.59 Å². The van der Waals surface area contributed by atoms with Gasteiger partial charge in [-0.25, -0.2) is 0 Å². The van der Waals surface area contributed by atoms with Crippen LogP contribution in [0.2, 0.25) is 0 Å². The third-order valence-electron chi connectivity index (χ3n) is 3.46. The van der Waals surface area contributed by atoms with Crippen LogP contribution in [0, 0.1) is 23.7 Å². The predicted octanol–water partition coefficient (Wildman–Crippen LogP) is -1.85. The van der Waals surface area contributed by atoms with Crippen molar-refractivity contribution in [2.45, 2.75) is 19.3 Å². The number of carbonyl (C=O) groups excluding carboxylic acids is 2. The van der Waals surface area contributed by atoms with Crippen molar-refractivity contribution in [1.29, 1.82) is 0 Å². The molecule has 0 aromatic carbocycles. The lowest BCUT2D eigenvalue weighted by molar-refractivity contribution is -0.328. The fraction of sp³-hybridized carbons (Fsp3) is 0.778. The number of carboxylic acid groups (broad SMARTS) is 2. The molecule has 0 saturated heterocycles. The molecule has 2 aliphatic rings. The number of fused-ring (bicyclic) bond motifs is 2. The van der Waals surface area contributed by atoms with Crippen LogP contribution < -0.4 is 10.2 Å².